The predicted molar refractivity (Wildman–Crippen MR) is 142 cm³/mol. The first-order valence-electron chi connectivity index (χ1n) is 11.3. The normalized spacial score (nSPS) is 21.7. The first kappa shape index (κ1) is 26.7. The molecule has 36 heavy (non-hydrogen) atoms. The molecule has 0 spiro atoms. The third-order valence-corrected chi connectivity index (χ3v) is 7.40. The van der Waals surface area contributed by atoms with Crippen molar-refractivity contribution in [3.63, 3.8) is 0 Å². The molecule has 1 fully saturated rings. The first-order valence-corrected chi connectivity index (χ1v) is 12.8. The Morgan fingerprint density at radius 2 is 1.83 bits per heavy atom. The summed E-state index contributed by atoms with van der Waals surface area (Å²) in [7, 11) is 0. The number of carbonyl (C=O) groups is 1. The fraction of sp³-hybridized carbons (Fsp3) is 0.250. The Balaban J connectivity index is 1.84. The van der Waals surface area contributed by atoms with Crippen molar-refractivity contribution in [1.82, 2.24) is 0 Å². The quantitative estimate of drug-likeness (QED) is 0.279. The van der Waals surface area contributed by atoms with Gasteiger partial charge in [0.05, 0.1) is 16.7 Å². The summed E-state index contributed by atoms with van der Waals surface area (Å²) in [5, 5.41) is 10.4. The fourth-order valence-corrected chi connectivity index (χ4v) is 5.59. The average molecular weight is 594 g/mol. The maximum Gasteiger partial charge on any atom is 0.341 e. The molecule has 3 aromatic carbocycles. The smallest absolute Gasteiger partial charge is 0.341 e. The van der Waals surface area contributed by atoms with Crippen LogP contribution >= 0.6 is 39.1 Å². The van der Waals surface area contributed by atoms with Crippen LogP contribution in [-0.4, -0.2) is 17.7 Å². The lowest BCUT2D eigenvalue weighted by molar-refractivity contribution is -0.139. The van der Waals surface area contributed by atoms with E-state index in [2.05, 4.69) is 22.5 Å². The van der Waals surface area contributed by atoms with Crippen LogP contribution in [0.3, 0.4) is 0 Å². The zero-order valence-corrected chi connectivity index (χ0v) is 22.5. The van der Waals surface area contributed by atoms with E-state index in [9.17, 15) is 14.3 Å². The van der Waals surface area contributed by atoms with Gasteiger partial charge in [-0.05, 0) is 76.8 Å². The second kappa shape index (κ2) is 11.3. The molecule has 0 bridgehead atoms. The van der Waals surface area contributed by atoms with Crippen LogP contribution in [0, 0.1) is 11.7 Å². The minimum Gasteiger partial charge on any atom is -0.480 e. The van der Waals surface area contributed by atoms with Gasteiger partial charge >= 0.3 is 5.97 Å². The van der Waals surface area contributed by atoms with Crippen LogP contribution in [0.25, 0.3) is 0 Å². The molecule has 0 saturated carbocycles. The third kappa shape index (κ3) is 5.94. The number of halogens is 4. The number of hydrogen-bond acceptors (Lipinski definition) is 3. The molecule has 1 aliphatic heterocycles. The Hall–Kier alpha value is -2.38. The summed E-state index contributed by atoms with van der Waals surface area (Å²) in [5.74, 6) is -1.70. The van der Waals surface area contributed by atoms with Gasteiger partial charge in [0.15, 0.2) is 6.61 Å². The molecule has 4 atom stereocenters. The van der Waals surface area contributed by atoms with Gasteiger partial charge in [0.2, 0.25) is 0 Å². The number of ether oxygens (including phenoxy) is 2. The van der Waals surface area contributed by atoms with Crippen LogP contribution in [0.1, 0.15) is 48.2 Å². The van der Waals surface area contributed by atoms with Gasteiger partial charge in [-0.1, -0.05) is 59.6 Å². The van der Waals surface area contributed by atoms with Crippen molar-refractivity contribution >= 4 is 45.1 Å². The van der Waals surface area contributed by atoms with Gasteiger partial charge in [-0.15, -0.1) is 0 Å². The molecular formula is C28H24BrCl2FO4. The molecule has 188 valence electrons. The van der Waals surface area contributed by atoms with E-state index in [4.69, 9.17) is 32.7 Å². The highest BCUT2D eigenvalue weighted by molar-refractivity contribution is 9.10. The highest BCUT2D eigenvalue weighted by atomic mass is 79.9. The number of benzene rings is 3. The summed E-state index contributed by atoms with van der Waals surface area (Å²) in [4.78, 5) is 11.2. The zero-order valence-electron chi connectivity index (χ0n) is 19.4. The van der Waals surface area contributed by atoms with E-state index in [1.807, 2.05) is 43.3 Å². The van der Waals surface area contributed by atoms with Gasteiger partial charge in [0.1, 0.15) is 11.6 Å². The molecule has 0 amide bonds. The Labute approximate surface area is 227 Å². The molecule has 0 radical (unpaired) electrons. The fourth-order valence-electron chi connectivity index (χ4n) is 4.71. The molecule has 1 saturated heterocycles. The van der Waals surface area contributed by atoms with Gasteiger partial charge in [0.25, 0.3) is 0 Å². The van der Waals surface area contributed by atoms with Crippen LogP contribution in [0.4, 0.5) is 4.39 Å². The minimum absolute atomic E-state index is 0.0804. The van der Waals surface area contributed by atoms with Crippen molar-refractivity contribution in [2.45, 2.75) is 31.5 Å². The van der Waals surface area contributed by atoms with Crippen LogP contribution < -0.4 is 4.74 Å². The van der Waals surface area contributed by atoms with Crippen molar-refractivity contribution in [3.05, 3.63) is 110 Å². The number of carboxylic acid groups (broad SMARTS) is 1. The SMILES string of the molecule is C=C(C)[C@H]1C[C@H](c2cccc(Cl)c2)[C@H](c2ccc(Cl)cc2)O[C@@H]1c1cc(F)cc(Br)c1OCC(=O)O. The van der Waals surface area contributed by atoms with E-state index in [-0.39, 0.29) is 17.6 Å². The van der Waals surface area contributed by atoms with E-state index in [0.29, 0.717) is 26.5 Å². The van der Waals surface area contributed by atoms with Crippen LogP contribution in [0.15, 0.2) is 77.3 Å². The van der Waals surface area contributed by atoms with E-state index >= 15 is 0 Å². The average Bonchev–Trinajstić information content (AvgIpc) is 2.82. The van der Waals surface area contributed by atoms with E-state index in [1.165, 1.54) is 12.1 Å². The van der Waals surface area contributed by atoms with Gasteiger partial charge in [-0.25, -0.2) is 9.18 Å². The lowest BCUT2D eigenvalue weighted by atomic mass is 9.74. The molecule has 8 heteroatoms. The van der Waals surface area contributed by atoms with Gasteiger partial charge in [-0.2, -0.15) is 0 Å². The highest BCUT2D eigenvalue weighted by Crippen LogP contribution is 2.54. The summed E-state index contributed by atoms with van der Waals surface area (Å²) in [6, 6.07) is 17.7. The molecule has 4 rings (SSSR count). The van der Waals surface area contributed by atoms with Crippen molar-refractivity contribution < 1.29 is 23.8 Å². The van der Waals surface area contributed by atoms with Crippen LogP contribution in [0.2, 0.25) is 10.0 Å². The van der Waals surface area contributed by atoms with Crippen molar-refractivity contribution in [3.8, 4) is 5.75 Å². The summed E-state index contributed by atoms with van der Waals surface area (Å²) < 4.78 is 27.3. The Bertz CT molecular complexity index is 1280. The second-order valence-corrected chi connectivity index (χ2v) is 10.6. The topological polar surface area (TPSA) is 55.8 Å². The van der Waals surface area contributed by atoms with Gasteiger partial charge < -0.3 is 14.6 Å². The largest absolute Gasteiger partial charge is 0.480 e. The molecule has 3 aromatic rings. The van der Waals surface area contributed by atoms with Crippen molar-refractivity contribution in [2.24, 2.45) is 5.92 Å². The molecule has 0 aromatic heterocycles. The van der Waals surface area contributed by atoms with E-state index < -0.39 is 30.6 Å². The molecule has 1 aliphatic rings. The summed E-state index contributed by atoms with van der Waals surface area (Å²) >= 11 is 15.8. The Morgan fingerprint density at radius 1 is 1.11 bits per heavy atom. The van der Waals surface area contributed by atoms with Gasteiger partial charge in [-0.3, -0.25) is 0 Å². The summed E-state index contributed by atoms with van der Waals surface area (Å²) in [5.41, 5.74) is 3.18. The zero-order chi connectivity index (χ0) is 26.0. The molecule has 4 nitrogen and oxygen atoms in total. The number of carboxylic acids is 1. The first-order chi connectivity index (χ1) is 17.1. The molecule has 1 heterocycles. The number of rotatable bonds is 7. The molecular weight excluding hydrogens is 570 g/mol. The van der Waals surface area contributed by atoms with Crippen molar-refractivity contribution in [2.75, 3.05) is 6.61 Å². The Kier molecular flexibility index (Phi) is 8.41. The van der Waals surface area contributed by atoms with Gasteiger partial charge in [0, 0.05) is 27.4 Å². The van der Waals surface area contributed by atoms with Crippen LogP contribution in [-0.2, 0) is 9.53 Å². The Morgan fingerprint density at radius 3 is 2.47 bits per heavy atom. The van der Waals surface area contributed by atoms with E-state index in [1.54, 1.807) is 12.1 Å². The highest BCUT2D eigenvalue weighted by Gasteiger charge is 2.42. The maximum atomic E-state index is 14.6. The molecule has 1 N–H and O–H groups in total. The lowest BCUT2D eigenvalue weighted by Crippen LogP contribution is -2.32. The predicted octanol–water partition coefficient (Wildman–Crippen LogP) is 8.54. The van der Waals surface area contributed by atoms with Crippen molar-refractivity contribution in [1.29, 1.82) is 0 Å². The molecule has 0 aliphatic carbocycles. The third-order valence-electron chi connectivity index (χ3n) is 6.32. The van der Waals surface area contributed by atoms with E-state index in [0.717, 1.165) is 16.7 Å². The monoisotopic (exact) mass is 592 g/mol. The minimum atomic E-state index is -1.14. The van der Waals surface area contributed by atoms with Crippen LogP contribution in [0.5, 0.6) is 5.75 Å². The second-order valence-electron chi connectivity index (χ2n) is 8.87. The summed E-state index contributed by atoms with van der Waals surface area (Å²) in [6.07, 6.45) is -0.426. The summed E-state index contributed by atoms with van der Waals surface area (Å²) in [6.45, 7) is 5.53. The lowest BCUT2D eigenvalue weighted by Gasteiger charge is -2.43. The molecule has 0 unspecified atom stereocenters. The number of hydrogen-bond donors (Lipinski definition) is 1. The number of aliphatic carboxylic acids is 1. The maximum absolute atomic E-state index is 14.6. The standard InChI is InChI=1S/C28H24BrCl2FO4/c1-15(2)21-13-22(17-4-3-5-19(31)10-17)26(16-6-8-18(30)9-7-16)36-27(21)23-11-20(32)12-24(29)28(23)35-14-25(33)34/h3-12,21-22,26-27H,1,13-14H2,2H3,(H,33,34)/t21-,22-,26+,27+/m1/s1.